The zero-order valence-electron chi connectivity index (χ0n) is 8.51. The van der Waals surface area contributed by atoms with Crippen LogP contribution in [0.1, 0.15) is 11.7 Å². The molecule has 0 aromatic carbocycles. The van der Waals surface area contributed by atoms with Crippen molar-refractivity contribution < 1.29 is 9.47 Å². The molecule has 6 nitrogen and oxygen atoms in total. The second kappa shape index (κ2) is 5.69. The van der Waals surface area contributed by atoms with Gasteiger partial charge >= 0.3 is 0 Å². The number of ether oxygens (including phenoxy) is 2. The second-order valence-corrected chi connectivity index (χ2v) is 2.94. The summed E-state index contributed by atoms with van der Waals surface area (Å²) >= 11 is 0. The van der Waals surface area contributed by atoms with Crippen molar-refractivity contribution in [3.63, 3.8) is 0 Å². The maximum Gasteiger partial charge on any atom is 0.0778 e. The van der Waals surface area contributed by atoms with Gasteiger partial charge in [0.2, 0.25) is 0 Å². The predicted octanol–water partition coefficient (Wildman–Crippen LogP) is -0.429. The molecule has 80 valence electrons. The molecule has 1 atom stereocenters. The minimum absolute atomic E-state index is 0.188. The highest BCUT2D eigenvalue weighted by atomic mass is 16.5. The number of methoxy groups -OCH3 is 2. The van der Waals surface area contributed by atoms with E-state index >= 15 is 0 Å². The van der Waals surface area contributed by atoms with Crippen LogP contribution >= 0.6 is 0 Å². The smallest absolute Gasteiger partial charge is 0.0778 e. The monoisotopic (exact) mass is 200 g/mol. The molecule has 0 aliphatic heterocycles. The van der Waals surface area contributed by atoms with Gasteiger partial charge in [-0.2, -0.15) is 0 Å². The van der Waals surface area contributed by atoms with E-state index in [1.807, 2.05) is 0 Å². The molecular weight excluding hydrogens is 184 g/mol. The van der Waals surface area contributed by atoms with Gasteiger partial charge in [-0.25, -0.2) is 4.68 Å². The maximum absolute atomic E-state index is 5.86. The molecular formula is C8H16N4O2. The number of aromatic nitrogens is 3. The van der Waals surface area contributed by atoms with Crippen LogP contribution in [0.2, 0.25) is 0 Å². The Bertz CT molecular complexity index is 264. The van der Waals surface area contributed by atoms with E-state index < -0.39 is 0 Å². The third-order valence-electron chi connectivity index (χ3n) is 1.88. The van der Waals surface area contributed by atoms with E-state index in [0.717, 1.165) is 5.69 Å². The summed E-state index contributed by atoms with van der Waals surface area (Å²) in [5.41, 5.74) is 6.72. The molecule has 0 radical (unpaired) electrons. The Labute approximate surface area is 83.0 Å². The highest BCUT2D eigenvalue weighted by molar-refractivity contribution is 5.01. The molecule has 1 aromatic rings. The van der Waals surface area contributed by atoms with E-state index in [0.29, 0.717) is 19.8 Å². The first-order chi connectivity index (χ1) is 6.79. The fraction of sp³-hybridized carbons (Fsp3) is 0.750. The van der Waals surface area contributed by atoms with Gasteiger partial charge in [0.15, 0.2) is 0 Å². The van der Waals surface area contributed by atoms with E-state index in [-0.39, 0.29) is 6.04 Å². The van der Waals surface area contributed by atoms with Gasteiger partial charge < -0.3 is 15.2 Å². The Hall–Kier alpha value is -0.980. The zero-order chi connectivity index (χ0) is 10.4. The van der Waals surface area contributed by atoms with E-state index in [4.69, 9.17) is 15.2 Å². The topological polar surface area (TPSA) is 75.2 Å². The Kier molecular flexibility index (Phi) is 4.51. The third-order valence-corrected chi connectivity index (χ3v) is 1.88. The molecule has 0 saturated heterocycles. The summed E-state index contributed by atoms with van der Waals surface area (Å²) in [6, 6.07) is -0.188. The first kappa shape index (κ1) is 11.1. The van der Waals surface area contributed by atoms with Crippen molar-refractivity contribution in [3.8, 4) is 0 Å². The van der Waals surface area contributed by atoms with Crippen LogP contribution in [-0.2, 0) is 16.0 Å². The van der Waals surface area contributed by atoms with Gasteiger partial charge in [-0.3, -0.25) is 0 Å². The molecule has 0 saturated carbocycles. The van der Waals surface area contributed by atoms with E-state index in [1.165, 1.54) is 0 Å². The van der Waals surface area contributed by atoms with E-state index in [9.17, 15) is 0 Å². The molecule has 1 unspecified atom stereocenters. The number of hydrogen-bond donors (Lipinski definition) is 1. The molecule has 0 aliphatic rings. The highest BCUT2D eigenvalue weighted by Gasteiger charge is 2.11. The molecule has 1 aromatic heterocycles. The number of rotatable bonds is 6. The zero-order valence-corrected chi connectivity index (χ0v) is 8.51. The predicted molar refractivity (Wildman–Crippen MR) is 50.7 cm³/mol. The van der Waals surface area contributed by atoms with Crippen LogP contribution in [0, 0.1) is 0 Å². The van der Waals surface area contributed by atoms with Crippen LogP contribution in [0.25, 0.3) is 0 Å². The number of nitrogens with zero attached hydrogens (tertiary/aromatic N) is 3. The summed E-state index contributed by atoms with van der Waals surface area (Å²) in [6.07, 6.45) is 1.65. The average Bonchev–Trinajstić information content (AvgIpc) is 2.63. The van der Waals surface area contributed by atoms with Crippen LogP contribution in [-0.4, -0.2) is 42.4 Å². The van der Waals surface area contributed by atoms with Crippen molar-refractivity contribution in [1.29, 1.82) is 0 Å². The summed E-state index contributed by atoms with van der Waals surface area (Å²) in [5, 5.41) is 7.71. The fourth-order valence-corrected chi connectivity index (χ4v) is 1.17. The van der Waals surface area contributed by atoms with Gasteiger partial charge in [0.25, 0.3) is 0 Å². The van der Waals surface area contributed by atoms with Crippen molar-refractivity contribution in [2.75, 3.05) is 27.4 Å². The molecule has 14 heavy (non-hydrogen) atoms. The molecule has 6 heteroatoms. The minimum Gasteiger partial charge on any atom is -0.383 e. The minimum atomic E-state index is -0.188. The van der Waals surface area contributed by atoms with Gasteiger partial charge in [0.05, 0.1) is 37.7 Å². The van der Waals surface area contributed by atoms with Crippen LogP contribution in [0.5, 0.6) is 0 Å². The molecule has 0 amide bonds. The normalized spacial score (nSPS) is 13.1. The number of hydrogen-bond acceptors (Lipinski definition) is 5. The Balaban J connectivity index is 2.61. The summed E-state index contributed by atoms with van der Waals surface area (Å²) in [7, 11) is 3.26. The Morgan fingerprint density at radius 3 is 2.93 bits per heavy atom. The lowest BCUT2D eigenvalue weighted by Crippen LogP contribution is -2.21. The summed E-state index contributed by atoms with van der Waals surface area (Å²) < 4.78 is 11.6. The molecule has 1 heterocycles. The van der Waals surface area contributed by atoms with Gasteiger partial charge in [0.1, 0.15) is 0 Å². The highest BCUT2D eigenvalue weighted by Crippen LogP contribution is 2.07. The lowest BCUT2D eigenvalue weighted by Gasteiger charge is -2.11. The maximum atomic E-state index is 5.86. The first-order valence-electron chi connectivity index (χ1n) is 4.41. The lowest BCUT2D eigenvalue weighted by molar-refractivity contribution is 0.168. The van der Waals surface area contributed by atoms with Gasteiger partial charge in [-0.05, 0) is 0 Å². The second-order valence-electron chi connectivity index (χ2n) is 2.94. The summed E-state index contributed by atoms with van der Waals surface area (Å²) in [6.45, 7) is 1.71. The Morgan fingerprint density at radius 1 is 1.50 bits per heavy atom. The Morgan fingerprint density at radius 2 is 2.29 bits per heavy atom. The van der Waals surface area contributed by atoms with E-state index in [1.54, 1.807) is 25.1 Å². The average molecular weight is 200 g/mol. The molecule has 1 rings (SSSR count). The van der Waals surface area contributed by atoms with Crippen LogP contribution < -0.4 is 5.73 Å². The van der Waals surface area contributed by atoms with E-state index in [2.05, 4.69) is 10.3 Å². The molecule has 0 fully saturated rings. The van der Waals surface area contributed by atoms with Crippen LogP contribution in [0.15, 0.2) is 6.20 Å². The standard InChI is InChI=1S/C8H16N4O2/c1-13-4-3-12-8(5-10-11-12)7(9)6-14-2/h5,7H,3-4,6,9H2,1-2H3. The molecule has 0 aliphatic carbocycles. The van der Waals surface area contributed by atoms with Crippen LogP contribution in [0.4, 0.5) is 0 Å². The quantitative estimate of drug-likeness (QED) is 0.674. The summed E-state index contributed by atoms with van der Waals surface area (Å²) in [4.78, 5) is 0. The van der Waals surface area contributed by atoms with Crippen molar-refractivity contribution in [2.45, 2.75) is 12.6 Å². The van der Waals surface area contributed by atoms with Crippen molar-refractivity contribution >= 4 is 0 Å². The molecule has 0 bridgehead atoms. The third kappa shape index (κ3) is 2.76. The van der Waals surface area contributed by atoms with Gasteiger partial charge in [-0.15, -0.1) is 5.10 Å². The largest absolute Gasteiger partial charge is 0.383 e. The molecule has 2 N–H and O–H groups in total. The lowest BCUT2D eigenvalue weighted by atomic mass is 10.2. The van der Waals surface area contributed by atoms with Gasteiger partial charge in [0, 0.05) is 14.2 Å². The molecule has 0 spiro atoms. The van der Waals surface area contributed by atoms with Gasteiger partial charge in [-0.1, -0.05) is 5.21 Å². The first-order valence-corrected chi connectivity index (χ1v) is 4.41. The van der Waals surface area contributed by atoms with Crippen molar-refractivity contribution in [1.82, 2.24) is 15.0 Å². The fourth-order valence-electron chi connectivity index (χ4n) is 1.17. The van der Waals surface area contributed by atoms with Crippen molar-refractivity contribution in [3.05, 3.63) is 11.9 Å². The van der Waals surface area contributed by atoms with Crippen molar-refractivity contribution in [2.24, 2.45) is 5.73 Å². The summed E-state index contributed by atoms with van der Waals surface area (Å²) in [5.74, 6) is 0. The SMILES string of the molecule is COCCn1nncc1C(N)COC. The number of nitrogens with two attached hydrogens (primary N) is 1. The van der Waals surface area contributed by atoms with Crippen LogP contribution in [0.3, 0.4) is 0 Å².